The summed E-state index contributed by atoms with van der Waals surface area (Å²) in [5.74, 6) is 0.777. The second-order valence-corrected chi connectivity index (χ2v) is 8.66. The second kappa shape index (κ2) is 7.38. The van der Waals surface area contributed by atoms with E-state index in [1.54, 1.807) is 12.1 Å². The number of Topliss-reactive ketones (excluding diaryl/α,β-unsaturated/α-hetero) is 1. The van der Waals surface area contributed by atoms with E-state index in [2.05, 4.69) is 0 Å². The van der Waals surface area contributed by atoms with Crippen LogP contribution in [0, 0.1) is 11.8 Å². The Hall–Kier alpha value is -2.31. The number of aryl methyl sites for hydroxylation is 1. The minimum absolute atomic E-state index is 0.00930. The van der Waals surface area contributed by atoms with Gasteiger partial charge in [0.1, 0.15) is 11.5 Å². The molecule has 31 heavy (non-hydrogen) atoms. The van der Waals surface area contributed by atoms with Crippen LogP contribution in [0.1, 0.15) is 36.5 Å². The van der Waals surface area contributed by atoms with E-state index in [0.717, 1.165) is 42.5 Å². The van der Waals surface area contributed by atoms with Crippen LogP contribution in [0.2, 0.25) is 5.02 Å². The van der Waals surface area contributed by atoms with Crippen molar-refractivity contribution in [2.24, 2.45) is 11.8 Å². The average molecular weight is 449 g/mol. The summed E-state index contributed by atoms with van der Waals surface area (Å²) in [5, 5.41) is -0.424. The number of fused-ring (bicyclic) bond motifs is 5. The van der Waals surface area contributed by atoms with E-state index in [9.17, 15) is 18.0 Å². The molecule has 3 nitrogen and oxygen atoms in total. The van der Waals surface area contributed by atoms with Crippen LogP contribution >= 0.6 is 11.6 Å². The van der Waals surface area contributed by atoms with Gasteiger partial charge in [0.15, 0.2) is 5.78 Å². The molecule has 2 aromatic rings. The van der Waals surface area contributed by atoms with Crippen molar-refractivity contribution in [3.05, 3.63) is 64.2 Å². The van der Waals surface area contributed by atoms with Gasteiger partial charge in [-0.2, -0.15) is 13.2 Å². The number of allylic oxidation sites excluding steroid dienone is 1. The van der Waals surface area contributed by atoms with E-state index in [-0.39, 0.29) is 35.6 Å². The SMILES string of the molecule is CCc1ccc(Oc2ccc(C(F)(F)F)c(Cl)c2)cc1C1=CC2C3CCC(O3)C2C1=O. The Kier molecular flexibility index (Phi) is 4.90. The van der Waals surface area contributed by atoms with E-state index >= 15 is 0 Å². The summed E-state index contributed by atoms with van der Waals surface area (Å²) in [5.41, 5.74) is 1.62. The monoisotopic (exact) mass is 448 g/mol. The number of halogens is 4. The number of ketones is 1. The van der Waals surface area contributed by atoms with Gasteiger partial charge in [0.05, 0.1) is 28.7 Å². The Bertz CT molecular complexity index is 1090. The van der Waals surface area contributed by atoms with Gasteiger partial charge in [0.25, 0.3) is 0 Å². The van der Waals surface area contributed by atoms with E-state index in [4.69, 9.17) is 21.1 Å². The molecule has 2 heterocycles. The summed E-state index contributed by atoms with van der Waals surface area (Å²) >= 11 is 5.80. The number of ether oxygens (including phenoxy) is 2. The zero-order valence-electron chi connectivity index (χ0n) is 16.7. The highest BCUT2D eigenvalue weighted by atomic mass is 35.5. The highest BCUT2D eigenvalue weighted by Crippen LogP contribution is 2.51. The maximum absolute atomic E-state index is 13.2. The van der Waals surface area contributed by atoms with E-state index in [1.807, 2.05) is 19.1 Å². The number of carbonyl (C=O) groups excluding carboxylic acids is 1. The number of alkyl halides is 3. The smallest absolute Gasteiger partial charge is 0.417 e. The number of hydrogen-bond donors (Lipinski definition) is 0. The van der Waals surface area contributed by atoms with Gasteiger partial charge in [-0.25, -0.2) is 0 Å². The summed E-state index contributed by atoms with van der Waals surface area (Å²) in [7, 11) is 0. The highest BCUT2D eigenvalue weighted by molar-refractivity contribution is 6.31. The first-order chi connectivity index (χ1) is 14.8. The van der Waals surface area contributed by atoms with Crippen LogP contribution in [-0.4, -0.2) is 18.0 Å². The predicted octanol–water partition coefficient (Wildman–Crippen LogP) is 6.47. The molecule has 4 unspecified atom stereocenters. The van der Waals surface area contributed by atoms with Crippen molar-refractivity contribution in [1.29, 1.82) is 0 Å². The lowest BCUT2D eigenvalue weighted by Crippen LogP contribution is -2.28. The molecular formula is C24H20ClF3O3. The molecule has 2 bridgehead atoms. The van der Waals surface area contributed by atoms with Crippen LogP contribution in [-0.2, 0) is 22.1 Å². The molecule has 3 aliphatic rings. The number of rotatable bonds is 4. The maximum atomic E-state index is 13.2. The molecule has 2 aromatic carbocycles. The molecule has 162 valence electrons. The summed E-state index contributed by atoms with van der Waals surface area (Å²) in [6.07, 6.45) is 0.306. The van der Waals surface area contributed by atoms with E-state index in [0.29, 0.717) is 11.3 Å². The lowest BCUT2D eigenvalue weighted by molar-refractivity contribution is -0.137. The fraction of sp³-hybridized carbons (Fsp3) is 0.375. The number of benzene rings is 2. The van der Waals surface area contributed by atoms with Crippen molar-refractivity contribution in [1.82, 2.24) is 0 Å². The topological polar surface area (TPSA) is 35.5 Å². The number of hydrogen-bond acceptors (Lipinski definition) is 3. The summed E-state index contributed by atoms with van der Waals surface area (Å²) < 4.78 is 50.5. The summed E-state index contributed by atoms with van der Waals surface area (Å²) in [6.45, 7) is 2.02. The van der Waals surface area contributed by atoms with Crippen LogP contribution < -0.4 is 4.74 Å². The summed E-state index contributed by atoms with van der Waals surface area (Å²) in [4.78, 5) is 13.2. The third-order valence-electron chi connectivity index (χ3n) is 6.49. The van der Waals surface area contributed by atoms with Crippen molar-refractivity contribution in [3.63, 3.8) is 0 Å². The third kappa shape index (κ3) is 3.46. The van der Waals surface area contributed by atoms with Crippen molar-refractivity contribution in [3.8, 4) is 11.5 Å². The Morgan fingerprint density at radius 3 is 2.48 bits per heavy atom. The molecular weight excluding hydrogens is 429 g/mol. The van der Waals surface area contributed by atoms with E-state index in [1.165, 1.54) is 6.07 Å². The standard InChI is InChI=1S/C24H20ClF3O3/c1-2-12-3-4-13(30-14-5-6-18(19(25)10-14)24(26,27)28)9-15(12)16-11-17-20-7-8-21(31-20)22(17)23(16)29/h3-6,9-11,17,20-22H,2,7-8H2,1H3. The average Bonchev–Trinajstić information content (AvgIpc) is 3.40. The lowest BCUT2D eigenvalue weighted by atomic mass is 9.81. The van der Waals surface area contributed by atoms with Crippen LogP contribution in [0.4, 0.5) is 13.2 Å². The zero-order chi connectivity index (χ0) is 21.9. The van der Waals surface area contributed by atoms with Gasteiger partial charge in [-0.05, 0) is 54.7 Å². The Labute approximate surface area is 182 Å². The number of carbonyl (C=O) groups is 1. The first-order valence-electron chi connectivity index (χ1n) is 10.4. The molecule has 0 aromatic heterocycles. The third-order valence-corrected chi connectivity index (χ3v) is 6.80. The van der Waals surface area contributed by atoms with Crippen LogP contribution in [0.3, 0.4) is 0 Å². The maximum Gasteiger partial charge on any atom is 0.417 e. The molecule has 1 aliphatic carbocycles. The molecule has 0 saturated carbocycles. The van der Waals surface area contributed by atoms with Crippen LogP contribution in [0.5, 0.6) is 11.5 Å². The second-order valence-electron chi connectivity index (χ2n) is 8.25. The van der Waals surface area contributed by atoms with Gasteiger partial charge in [0, 0.05) is 17.6 Å². The minimum atomic E-state index is -4.53. The molecule has 5 rings (SSSR count). The molecule has 2 aliphatic heterocycles. The highest BCUT2D eigenvalue weighted by Gasteiger charge is 2.55. The molecule has 0 radical (unpaired) electrons. The molecule has 2 fully saturated rings. The minimum Gasteiger partial charge on any atom is -0.457 e. The Balaban J connectivity index is 1.45. The van der Waals surface area contributed by atoms with Crippen LogP contribution in [0.15, 0.2) is 42.5 Å². The molecule has 0 amide bonds. The molecule has 2 saturated heterocycles. The Morgan fingerprint density at radius 2 is 1.81 bits per heavy atom. The van der Waals surface area contributed by atoms with Crippen LogP contribution in [0.25, 0.3) is 5.57 Å². The van der Waals surface area contributed by atoms with Gasteiger partial charge >= 0.3 is 6.18 Å². The fourth-order valence-corrected chi connectivity index (χ4v) is 5.33. The summed E-state index contributed by atoms with van der Waals surface area (Å²) in [6, 6.07) is 8.72. The van der Waals surface area contributed by atoms with Gasteiger partial charge in [-0.1, -0.05) is 30.7 Å². The largest absolute Gasteiger partial charge is 0.457 e. The molecule has 7 heteroatoms. The van der Waals surface area contributed by atoms with Gasteiger partial charge in [-0.3, -0.25) is 4.79 Å². The van der Waals surface area contributed by atoms with Gasteiger partial charge in [0.2, 0.25) is 0 Å². The van der Waals surface area contributed by atoms with Crippen molar-refractivity contribution in [2.45, 2.75) is 44.6 Å². The molecule has 0 N–H and O–H groups in total. The Morgan fingerprint density at radius 1 is 1.10 bits per heavy atom. The normalized spacial score (nSPS) is 26.9. The van der Waals surface area contributed by atoms with Crippen molar-refractivity contribution < 1.29 is 27.4 Å². The predicted molar refractivity (Wildman–Crippen MR) is 110 cm³/mol. The lowest BCUT2D eigenvalue weighted by Gasteiger charge is -2.18. The van der Waals surface area contributed by atoms with Gasteiger partial charge < -0.3 is 9.47 Å². The van der Waals surface area contributed by atoms with Gasteiger partial charge in [-0.15, -0.1) is 0 Å². The first kappa shape index (κ1) is 20.6. The molecule has 4 atom stereocenters. The van der Waals surface area contributed by atoms with Crippen molar-refractivity contribution in [2.75, 3.05) is 0 Å². The molecule has 0 spiro atoms. The van der Waals surface area contributed by atoms with E-state index < -0.39 is 16.8 Å². The van der Waals surface area contributed by atoms with Crippen molar-refractivity contribution >= 4 is 23.0 Å². The fourth-order valence-electron chi connectivity index (χ4n) is 5.05. The quantitative estimate of drug-likeness (QED) is 0.537. The zero-order valence-corrected chi connectivity index (χ0v) is 17.5. The first-order valence-corrected chi connectivity index (χ1v) is 10.7.